The average molecular weight is 269 g/mol. The second kappa shape index (κ2) is 6.24. The maximum Gasteiger partial charge on any atom is 0.352 e. The van der Waals surface area contributed by atoms with E-state index in [0.717, 1.165) is 0 Å². The van der Waals surface area contributed by atoms with Gasteiger partial charge in [-0.2, -0.15) is 0 Å². The molecule has 1 heterocycles. The molecule has 0 saturated heterocycles. The van der Waals surface area contributed by atoms with E-state index in [1.807, 2.05) is 0 Å². The highest BCUT2D eigenvalue weighted by atomic mass is 16.4. The number of carbonyl (C=O) groups is 2. The van der Waals surface area contributed by atoms with Crippen molar-refractivity contribution in [1.29, 1.82) is 0 Å². The second-order valence-electron chi connectivity index (χ2n) is 3.82. The van der Waals surface area contributed by atoms with Gasteiger partial charge in [0.05, 0.1) is 5.69 Å². The van der Waals surface area contributed by atoms with Crippen molar-refractivity contribution in [3.05, 3.63) is 65.9 Å². The third-order valence-corrected chi connectivity index (χ3v) is 2.41. The van der Waals surface area contributed by atoms with Gasteiger partial charge < -0.3 is 10.4 Å². The van der Waals surface area contributed by atoms with E-state index in [0.29, 0.717) is 11.3 Å². The smallest absolute Gasteiger partial charge is 0.352 e. The highest BCUT2D eigenvalue weighted by molar-refractivity contribution is 6.02. The highest BCUT2D eigenvalue weighted by Gasteiger charge is 2.13. The number of carbonyl (C=O) groups excluding carboxylic acids is 1. The molecule has 0 bridgehead atoms. The summed E-state index contributed by atoms with van der Waals surface area (Å²) in [6.45, 7) is 0. The van der Waals surface area contributed by atoms with Crippen LogP contribution in [0.5, 0.6) is 0 Å². The number of aromatic nitrogens is 2. The molecule has 6 heteroatoms. The van der Waals surface area contributed by atoms with Gasteiger partial charge in [-0.05, 0) is 24.3 Å². The minimum absolute atomic E-state index is 0.252. The number of rotatable bonds is 4. The molecule has 0 saturated carbocycles. The fourth-order valence-corrected chi connectivity index (χ4v) is 1.47. The van der Waals surface area contributed by atoms with Crippen molar-refractivity contribution >= 4 is 18.0 Å². The summed E-state index contributed by atoms with van der Waals surface area (Å²) in [5.41, 5.74) is 0.519. The van der Waals surface area contributed by atoms with Crippen LogP contribution in [0.3, 0.4) is 0 Å². The van der Waals surface area contributed by atoms with Crippen molar-refractivity contribution in [2.45, 2.75) is 0 Å². The number of carboxylic acid groups (broad SMARTS) is 1. The number of hydrogen-bond acceptors (Lipinski definition) is 4. The largest absolute Gasteiger partial charge is 0.477 e. The third-order valence-electron chi connectivity index (χ3n) is 2.41. The SMILES string of the molecule is O=C(O)/C(=C/c1ccncn1)NC(=O)c1ccccc1. The molecule has 1 aromatic carbocycles. The van der Waals surface area contributed by atoms with Crippen LogP contribution in [0.2, 0.25) is 0 Å². The predicted octanol–water partition coefficient (Wildman–Crippen LogP) is 1.33. The Morgan fingerprint density at radius 1 is 1.15 bits per heavy atom. The maximum atomic E-state index is 11.9. The standard InChI is InChI=1S/C14H11N3O3/c18-13(10-4-2-1-3-5-10)17-12(14(19)20)8-11-6-7-15-9-16-11/h1-9H,(H,17,18)(H,19,20)/b12-8-. The number of amides is 1. The van der Waals surface area contributed by atoms with E-state index in [1.165, 1.54) is 24.7 Å². The molecule has 0 aliphatic carbocycles. The number of carboxylic acids is 1. The zero-order valence-electron chi connectivity index (χ0n) is 10.4. The Kier molecular flexibility index (Phi) is 4.18. The summed E-state index contributed by atoms with van der Waals surface area (Å²) in [5, 5.41) is 11.4. The van der Waals surface area contributed by atoms with Gasteiger partial charge in [-0.3, -0.25) is 4.79 Å². The Hall–Kier alpha value is -3.02. The molecule has 1 aromatic heterocycles. The summed E-state index contributed by atoms with van der Waals surface area (Å²) in [6, 6.07) is 9.90. The van der Waals surface area contributed by atoms with Gasteiger partial charge in [0.2, 0.25) is 0 Å². The van der Waals surface area contributed by atoms with Crippen molar-refractivity contribution in [3.63, 3.8) is 0 Å². The summed E-state index contributed by atoms with van der Waals surface area (Å²) in [7, 11) is 0. The first kappa shape index (κ1) is 13.4. The molecule has 2 N–H and O–H groups in total. The van der Waals surface area contributed by atoms with E-state index >= 15 is 0 Å². The fourth-order valence-electron chi connectivity index (χ4n) is 1.47. The van der Waals surface area contributed by atoms with Crippen molar-refractivity contribution < 1.29 is 14.7 Å². The molecule has 6 nitrogen and oxygen atoms in total. The van der Waals surface area contributed by atoms with Crippen LogP contribution >= 0.6 is 0 Å². The molecule has 0 aliphatic rings. The highest BCUT2D eigenvalue weighted by Crippen LogP contribution is 2.04. The normalized spacial score (nSPS) is 10.9. The number of hydrogen-bond donors (Lipinski definition) is 2. The van der Waals surface area contributed by atoms with Gasteiger partial charge in [0, 0.05) is 11.8 Å². The quantitative estimate of drug-likeness (QED) is 0.817. The van der Waals surface area contributed by atoms with Crippen LogP contribution in [0.4, 0.5) is 0 Å². The zero-order chi connectivity index (χ0) is 14.4. The van der Waals surface area contributed by atoms with Crippen LogP contribution in [-0.4, -0.2) is 27.0 Å². The van der Waals surface area contributed by atoms with Gasteiger partial charge in [-0.1, -0.05) is 18.2 Å². The molecular formula is C14H11N3O3. The summed E-state index contributed by atoms with van der Waals surface area (Å²) < 4.78 is 0. The van der Waals surface area contributed by atoms with E-state index in [2.05, 4.69) is 15.3 Å². The molecule has 2 rings (SSSR count). The van der Waals surface area contributed by atoms with Crippen molar-refractivity contribution in [1.82, 2.24) is 15.3 Å². The first-order valence-electron chi connectivity index (χ1n) is 5.74. The van der Waals surface area contributed by atoms with Gasteiger partial charge in [0.25, 0.3) is 5.91 Å². The van der Waals surface area contributed by atoms with E-state index in [9.17, 15) is 9.59 Å². The Morgan fingerprint density at radius 3 is 2.50 bits per heavy atom. The zero-order valence-corrected chi connectivity index (χ0v) is 10.4. The van der Waals surface area contributed by atoms with E-state index in [-0.39, 0.29) is 5.70 Å². The molecule has 0 spiro atoms. The van der Waals surface area contributed by atoms with Gasteiger partial charge in [0.15, 0.2) is 0 Å². The summed E-state index contributed by atoms with van der Waals surface area (Å²) in [5.74, 6) is -1.74. The molecule has 0 aliphatic heterocycles. The van der Waals surface area contributed by atoms with Crippen LogP contribution < -0.4 is 5.32 Å². The lowest BCUT2D eigenvalue weighted by Crippen LogP contribution is -2.27. The molecule has 0 fully saturated rings. The topological polar surface area (TPSA) is 92.2 Å². The Balaban J connectivity index is 2.21. The first-order chi connectivity index (χ1) is 9.66. The van der Waals surface area contributed by atoms with E-state index in [4.69, 9.17) is 5.11 Å². The monoisotopic (exact) mass is 269 g/mol. The van der Waals surface area contributed by atoms with Crippen LogP contribution in [-0.2, 0) is 4.79 Å². The van der Waals surface area contributed by atoms with Gasteiger partial charge in [0.1, 0.15) is 12.0 Å². The first-order valence-corrected chi connectivity index (χ1v) is 5.74. The lowest BCUT2D eigenvalue weighted by atomic mass is 10.2. The average Bonchev–Trinajstić information content (AvgIpc) is 2.48. The second-order valence-corrected chi connectivity index (χ2v) is 3.82. The van der Waals surface area contributed by atoms with Gasteiger partial charge in [-0.25, -0.2) is 14.8 Å². The Labute approximate surface area is 114 Å². The lowest BCUT2D eigenvalue weighted by Gasteiger charge is -2.05. The van der Waals surface area contributed by atoms with Gasteiger partial charge >= 0.3 is 5.97 Å². The van der Waals surface area contributed by atoms with Crippen LogP contribution in [0.15, 0.2) is 54.6 Å². The number of nitrogens with zero attached hydrogens (tertiary/aromatic N) is 2. The van der Waals surface area contributed by atoms with Crippen molar-refractivity contribution in [2.75, 3.05) is 0 Å². The Morgan fingerprint density at radius 2 is 1.90 bits per heavy atom. The molecule has 0 unspecified atom stereocenters. The Bertz CT molecular complexity index is 639. The van der Waals surface area contributed by atoms with E-state index in [1.54, 1.807) is 30.3 Å². The molecule has 1 amide bonds. The molecule has 100 valence electrons. The third kappa shape index (κ3) is 3.49. The molecule has 0 atom stereocenters. The van der Waals surface area contributed by atoms with Crippen molar-refractivity contribution in [2.24, 2.45) is 0 Å². The molecular weight excluding hydrogens is 258 g/mol. The van der Waals surface area contributed by atoms with Crippen molar-refractivity contribution in [3.8, 4) is 0 Å². The minimum Gasteiger partial charge on any atom is -0.477 e. The molecule has 20 heavy (non-hydrogen) atoms. The number of nitrogens with one attached hydrogen (secondary N) is 1. The van der Waals surface area contributed by atoms with Gasteiger partial charge in [-0.15, -0.1) is 0 Å². The van der Waals surface area contributed by atoms with Crippen LogP contribution in [0.1, 0.15) is 16.1 Å². The molecule has 2 aromatic rings. The predicted molar refractivity (Wildman–Crippen MR) is 71.6 cm³/mol. The summed E-state index contributed by atoms with van der Waals surface area (Å²) >= 11 is 0. The maximum absolute atomic E-state index is 11.9. The van der Waals surface area contributed by atoms with Crippen LogP contribution in [0, 0.1) is 0 Å². The van der Waals surface area contributed by atoms with E-state index < -0.39 is 11.9 Å². The minimum atomic E-state index is -1.24. The fraction of sp³-hybridized carbons (Fsp3) is 0. The number of benzene rings is 1. The lowest BCUT2D eigenvalue weighted by molar-refractivity contribution is -0.132. The van der Waals surface area contributed by atoms with Crippen LogP contribution in [0.25, 0.3) is 6.08 Å². The summed E-state index contributed by atoms with van der Waals surface area (Å²) in [6.07, 6.45) is 4.05. The molecule has 0 radical (unpaired) electrons. The number of aliphatic carboxylic acids is 1. The summed E-state index contributed by atoms with van der Waals surface area (Å²) in [4.78, 5) is 30.7.